The lowest BCUT2D eigenvalue weighted by Crippen LogP contribution is -2.13. The van der Waals surface area contributed by atoms with Gasteiger partial charge in [-0.05, 0) is 36.8 Å². The predicted molar refractivity (Wildman–Crippen MR) is 79.0 cm³/mol. The molecule has 0 radical (unpaired) electrons. The summed E-state index contributed by atoms with van der Waals surface area (Å²) < 4.78 is 23.5. The lowest BCUT2D eigenvalue weighted by molar-refractivity contribution is 0.0918. The van der Waals surface area contributed by atoms with Crippen LogP contribution in [0.1, 0.15) is 15.9 Å². The van der Waals surface area contributed by atoms with E-state index in [1.165, 1.54) is 25.3 Å². The molecule has 0 saturated heterocycles. The Hall–Kier alpha value is -2.07. The van der Waals surface area contributed by atoms with Gasteiger partial charge in [-0.2, -0.15) is 0 Å². The maximum absolute atomic E-state index is 13.0. The highest BCUT2D eigenvalue weighted by molar-refractivity contribution is 6.30. The number of methoxy groups -OCH3 is 1. The highest BCUT2D eigenvalue weighted by Crippen LogP contribution is 2.23. The Balaban J connectivity index is 2.09. The maximum atomic E-state index is 13.0. The minimum absolute atomic E-state index is 0.0483. The molecule has 2 aromatic rings. The van der Waals surface area contributed by atoms with E-state index >= 15 is 0 Å². The Morgan fingerprint density at radius 2 is 2.00 bits per heavy atom. The van der Waals surface area contributed by atoms with Crippen molar-refractivity contribution < 1.29 is 18.7 Å². The Morgan fingerprint density at radius 1 is 1.24 bits per heavy atom. The van der Waals surface area contributed by atoms with E-state index in [0.29, 0.717) is 17.1 Å². The standard InChI is InChI=1S/C16H14ClFO3/c1-10-3-5-12(16(7-10)20-2)15(19)9-21-11-4-6-14(18)13(17)8-11/h3-8H,9H2,1-2H3. The molecule has 0 atom stereocenters. The average molecular weight is 309 g/mol. The Bertz CT molecular complexity index is 671. The van der Waals surface area contributed by atoms with E-state index in [1.807, 2.05) is 13.0 Å². The normalized spacial score (nSPS) is 10.3. The van der Waals surface area contributed by atoms with Crippen molar-refractivity contribution in [1.29, 1.82) is 0 Å². The molecule has 0 aliphatic carbocycles. The van der Waals surface area contributed by atoms with Crippen molar-refractivity contribution in [1.82, 2.24) is 0 Å². The van der Waals surface area contributed by atoms with Gasteiger partial charge in [0.25, 0.3) is 0 Å². The maximum Gasteiger partial charge on any atom is 0.203 e. The summed E-state index contributed by atoms with van der Waals surface area (Å²) in [6.07, 6.45) is 0. The molecular formula is C16H14ClFO3. The first-order valence-corrected chi connectivity index (χ1v) is 6.64. The second-order valence-corrected chi connectivity index (χ2v) is 4.90. The number of hydrogen-bond donors (Lipinski definition) is 0. The van der Waals surface area contributed by atoms with Gasteiger partial charge in [0.15, 0.2) is 6.61 Å². The third kappa shape index (κ3) is 3.73. The molecular weight excluding hydrogens is 295 g/mol. The zero-order valence-corrected chi connectivity index (χ0v) is 12.4. The van der Waals surface area contributed by atoms with Gasteiger partial charge in [0.1, 0.15) is 17.3 Å². The summed E-state index contributed by atoms with van der Waals surface area (Å²) in [5, 5.41) is -0.0483. The zero-order chi connectivity index (χ0) is 15.4. The molecule has 0 saturated carbocycles. The van der Waals surface area contributed by atoms with Crippen LogP contribution in [0.4, 0.5) is 4.39 Å². The van der Waals surface area contributed by atoms with Crippen LogP contribution in [0.2, 0.25) is 5.02 Å². The van der Waals surface area contributed by atoms with Crippen LogP contribution in [0.15, 0.2) is 36.4 Å². The summed E-state index contributed by atoms with van der Waals surface area (Å²) in [5.41, 5.74) is 1.44. The molecule has 0 spiro atoms. The van der Waals surface area contributed by atoms with Gasteiger partial charge in [-0.15, -0.1) is 0 Å². The van der Waals surface area contributed by atoms with Crippen LogP contribution in [0.3, 0.4) is 0 Å². The number of benzene rings is 2. The molecule has 110 valence electrons. The average Bonchev–Trinajstić information content (AvgIpc) is 2.48. The van der Waals surface area contributed by atoms with Gasteiger partial charge in [0.2, 0.25) is 5.78 Å². The number of carbonyl (C=O) groups excluding carboxylic acids is 1. The molecule has 0 heterocycles. The molecule has 5 heteroatoms. The summed E-state index contributed by atoms with van der Waals surface area (Å²) in [5.74, 6) is 0.0735. The summed E-state index contributed by atoms with van der Waals surface area (Å²) in [7, 11) is 1.51. The van der Waals surface area contributed by atoms with E-state index in [-0.39, 0.29) is 17.4 Å². The summed E-state index contributed by atoms with van der Waals surface area (Å²) in [4.78, 5) is 12.1. The molecule has 0 N–H and O–H groups in total. The van der Waals surface area contributed by atoms with Gasteiger partial charge in [-0.25, -0.2) is 4.39 Å². The Kier molecular flexibility index (Phi) is 4.81. The quantitative estimate of drug-likeness (QED) is 0.781. The molecule has 0 bridgehead atoms. The molecule has 0 fully saturated rings. The van der Waals surface area contributed by atoms with Crippen LogP contribution >= 0.6 is 11.6 Å². The second kappa shape index (κ2) is 6.59. The molecule has 21 heavy (non-hydrogen) atoms. The van der Waals surface area contributed by atoms with Gasteiger partial charge in [-0.3, -0.25) is 4.79 Å². The number of carbonyl (C=O) groups is 1. The molecule has 0 aromatic heterocycles. The van der Waals surface area contributed by atoms with Crippen molar-refractivity contribution in [2.75, 3.05) is 13.7 Å². The molecule has 2 rings (SSSR count). The summed E-state index contributed by atoms with van der Waals surface area (Å²) in [6.45, 7) is 1.73. The van der Waals surface area contributed by atoms with Crippen molar-refractivity contribution in [2.45, 2.75) is 6.92 Å². The van der Waals surface area contributed by atoms with Gasteiger partial charge in [-0.1, -0.05) is 17.7 Å². The van der Waals surface area contributed by atoms with Gasteiger partial charge in [0, 0.05) is 6.07 Å². The van der Waals surface area contributed by atoms with Gasteiger partial charge in [0.05, 0.1) is 17.7 Å². The molecule has 0 aliphatic heterocycles. The van der Waals surface area contributed by atoms with Gasteiger partial charge >= 0.3 is 0 Å². The minimum atomic E-state index is -0.532. The number of rotatable bonds is 5. The number of halogens is 2. The van der Waals surface area contributed by atoms with Crippen LogP contribution in [0, 0.1) is 12.7 Å². The zero-order valence-electron chi connectivity index (χ0n) is 11.7. The number of hydrogen-bond acceptors (Lipinski definition) is 3. The first kappa shape index (κ1) is 15.3. The lowest BCUT2D eigenvalue weighted by Gasteiger charge is -2.10. The fraction of sp³-hybridized carbons (Fsp3) is 0.188. The topological polar surface area (TPSA) is 35.5 Å². The third-order valence-corrected chi connectivity index (χ3v) is 3.21. The second-order valence-electron chi connectivity index (χ2n) is 4.49. The highest BCUT2D eigenvalue weighted by Gasteiger charge is 2.13. The fourth-order valence-electron chi connectivity index (χ4n) is 1.82. The van der Waals surface area contributed by atoms with Crippen LogP contribution in [-0.4, -0.2) is 19.5 Å². The highest BCUT2D eigenvalue weighted by atomic mass is 35.5. The predicted octanol–water partition coefficient (Wildman–Crippen LogP) is 4.06. The molecule has 0 amide bonds. The first-order chi connectivity index (χ1) is 10.0. The number of ketones is 1. The Morgan fingerprint density at radius 3 is 2.67 bits per heavy atom. The fourth-order valence-corrected chi connectivity index (χ4v) is 1.99. The summed E-state index contributed by atoms with van der Waals surface area (Å²) >= 11 is 5.65. The van der Waals surface area contributed by atoms with E-state index in [4.69, 9.17) is 21.1 Å². The molecule has 2 aromatic carbocycles. The van der Waals surface area contributed by atoms with Crippen molar-refractivity contribution in [3.63, 3.8) is 0 Å². The number of Topliss-reactive ketones (excluding diaryl/α,β-unsaturated/α-hetero) is 1. The van der Waals surface area contributed by atoms with E-state index in [1.54, 1.807) is 12.1 Å². The number of aryl methyl sites for hydroxylation is 1. The van der Waals surface area contributed by atoms with Crippen LogP contribution < -0.4 is 9.47 Å². The van der Waals surface area contributed by atoms with E-state index in [9.17, 15) is 9.18 Å². The van der Waals surface area contributed by atoms with Crippen LogP contribution in [-0.2, 0) is 0 Å². The van der Waals surface area contributed by atoms with Crippen molar-refractivity contribution in [3.05, 3.63) is 58.4 Å². The molecule has 0 unspecified atom stereocenters. The third-order valence-electron chi connectivity index (χ3n) is 2.92. The van der Waals surface area contributed by atoms with Crippen LogP contribution in [0.5, 0.6) is 11.5 Å². The SMILES string of the molecule is COc1cc(C)ccc1C(=O)COc1ccc(F)c(Cl)c1. The summed E-state index contributed by atoms with van der Waals surface area (Å²) in [6, 6.07) is 9.23. The monoisotopic (exact) mass is 308 g/mol. The van der Waals surface area contributed by atoms with Crippen molar-refractivity contribution >= 4 is 17.4 Å². The minimum Gasteiger partial charge on any atom is -0.496 e. The van der Waals surface area contributed by atoms with Crippen molar-refractivity contribution in [2.24, 2.45) is 0 Å². The van der Waals surface area contributed by atoms with Crippen molar-refractivity contribution in [3.8, 4) is 11.5 Å². The Labute approximate surface area is 127 Å². The van der Waals surface area contributed by atoms with E-state index in [0.717, 1.165) is 5.56 Å². The van der Waals surface area contributed by atoms with Gasteiger partial charge < -0.3 is 9.47 Å². The molecule has 3 nitrogen and oxygen atoms in total. The van der Waals surface area contributed by atoms with E-state index < -0.39 is 5.82 Å². The largest absolute Gasteiger partial charge is 0.496 e. The first-order valence-electron chi connectivity index (χ1n) is 6.27. The molecule has 0 aliphatic rings. The smallest absolute Gasteiger partial charge is 0.203 e. The van der Waals surface area contributed by atoms with Crippen LogP contribution in [0.25, 0.3) is 0 Å². The van der Waals surface area contributed by atoms with E-state index in [2.05, 4.69) is 0 Å². The number of ether oxygens (including phenoxy) is 2. The lowest BCUT2D eigenvalue weighted by atomic mass is 10.1.